The van der Waals surface area contributed by atoms with Crippen molar-refractivity contribution >= 4 is 5.97 Å². The van der Waals surface area contributed by atoms with Crippen LogP contribution in [0.2, 0.25) is 4.31 Å². The Morgan fingerprint density at radius 2 is 1.92 bits per heavy atom. The number of hydrogen-bond acceptors (Lipinski definition) is 2. The van der Waals surface area contributed by atoms with Gasteiger partial charge in [-0.05, 0) is 0 Å². The van der Waals surface area contributed by atoms with Crippen molar-refractivity contribution in [1.29, 1.82) is 0 Å². The van der Waals surface area contributed by atoms with E-state index in [1.165, 1.54) is 0 Å². The predicted octanol–water partition coefficient (Wildman–Crippen LogP) is 2.18. The third-order valence-corrected chi connectivity index (χ3v) is 4.63. The first-order chi connectivity index (χ1) is 5.95. The van der Waals surface area contributed by atoms with E-state index in [2.05, 4.69) is 40.6 Å². The van der Waals surface area contributed by atoms with Gasteiger partial charge in [-0.2, -0.15) is 0 Å². The summed E-state index contributed by atoms with van der Waals surface area (Å²) in [5, 5.41) is 0. The fourth-order valence-corrected chi connectivity index (χ4v) is 3.11. The number of cyclic esters (lactones) is 1. The molecule has 13 heavy (non-hydrogen) atoms. The van der Waals surface area contributed by atoms with Gasteiger partial charge in [0.15, 0.2) is 0 Å². The monoisotopic (exact) mass is 267 g/mol. The minimum atomic E-state index is -0.0222. The third kappa shape index (κ3) is 2.15. The molecule has 0 unspecified atom stereocenters. The zero-order chi connectivity index (χ0) is 10.2. The minimum absolute atomic E-state index is 0.0222. The summed E-state index contributed by atoms with van der Waals surface area (Å²) < 4.78 is 5.90. The zero-order valence-electron chi connectivity index (χ0n) is 8.61. The van der Waals surface area contributed by atoms with E-state index in [1.807, 2.05) is 6.92 Å². The first kappa shape index (κ1) is 11.2. The van der Waals surface area contributed by atoms with Gasteiger partial charge in [0, 0.05) is 0 Å². The Morgan fingerprint density at radius 3 is 2.38 bits per heavy atom. The van der Waals surface area contributed by atoms with E-state index in [0.29, 0.717) is 16.1 Å². The molecule has 0 amide bonds. The van der Waals surface area contributed by atoms with E-state index in [4.69, 9.17) is 4.74 Å². The number of carbonyl (C=O) groups excluding carboxylic acids is 1. The average molecular weight is 265 g/mol. The SMILES string of the molecule is CC(C)[C@H]1OC(=O)[C@H](C)[C@@H](C)[C@@H]1[Mo]. The molecule has 1 heterocycles. The van der Waals surface area contributed by atoms with Crippen LogP contribution < -0.4 is 0 Å². The van der Waals surface area contributed by atoms with Crippen LogP contribution >= 0.6 is 0 Å². The molecule has 0 aromatic carbocycles. The van der Waals surface area contributed by atoms with Gasteiger partial charge in [0.05, 0.1) is 0 Å². The van der Waals surface area contributed by atoms with Gasteiger partial charge in [0.2, 0.25) is 0 Å². The Kier molecular flexibility index (Phi) is 3.56. The van der Waals surface area contributed by atoms with Crippen LogP contribution in [0.3, 0.4) is 0 Å². The fraction of sp³-hybridized carbons (Fsp3) is 0.900. The van der Waals surface area contributed by atoms with Gasteiger partial charge < -0.3 is 0 Å². The van der Waals surface area contributed by atoms with Crippen LogP contribution in [0.1, 0.15) is 27.7 Å². The summed E-state index contributed by atoms with van der Waals surface area (Å²) in [6, 6.07) is 0. The van der Waals surface area contributed by atoms with Crippen molar-refractivity contribution in [2.45, 2.75) is 38.1 Å². The molecule has 0 saturated carbocycles. The van der Waals surface area contributed by atoms with Gasteiger partial charge in [-0.25, -0.2) is 0 Å². The van der Waals surface area contributed by atoms with Crippen LogP contribution in [0.25, 0.3) is 0 Å². The summed E-state index contributed by atoms with van der Waals surface area (Å²) in [4.78, 5) is 11.4. The number of carbonyl (C=O) groups is 1. The molecule has 0 spiro atoms. The van der Waals surface area contributed by atoms with Gasteiger partial charge in [0.1, 0.15) is 0 Å². The molecular weight excluding hydrogens is 248 g/mol. The number of rotatable bonds is 1. The molecule has 0 aromatic heterocycles. The molecule has 1 saturated heterocycles. The Labute approximate surface area is 91.3 Å². The standard InChI is InChI=1S/C10H17O2.Mo/c1-6(2)9-5-7(3)8(4)10(11)12-9;/h5-9H,1-4H3;/t7-,8+,9-;/m0./s1. The van der Waals surface area contributed by atoms with Crippen LogP contribution in [-0.2, 0) is 29.3 Å². The molecule has 0 aliphatic carbocycles. The second-order valence-electron chi connectivity index (χ2n) is 4.26. The molecule has 1 fully saturated rings. The van der Waals surface area contributed by atoms with E-state index in [1.54, 1.807) is 0 Å². The molecular formula is C10H17MoO2. The fourth-order valence-electron chi connectivity index (χ4n) is 1.62. The predicted molar refractivity (Wildman–Crippen MR) is 46.8 cm³/mol. The second-order valence-corrected chi connectivity index (χ2v) is 5.60. The van der Waals surface area contributed by atoms with Gasteiger partial charge in [-0.1, -0.05) is 0 Å². The summed E-state index contributed by atoms with van der Waals surface area (Å²) in [7, 11) is 0. The first-order valence-electron chi connectivity index (χ1n) is 4.81. The third-order valence-electron chi connectivity index (χ3n) is 2.91. The molecule has 75 valence electrons. The van der Waals surface area contributed by atoms with Gasteiger partial charge in [-0.15, -0.1) is 0 Å². The Hall–Kier alpha value is 0.158. The summed E-state index contributed by atoms with van der Waals surface area (Å²) >= 11 is 2.10. The van der Waals surface area contributed by atoms with E-state index >= 15 is 0 Å². The number of esters is 1. The maximum atomic E-state index is 11.4. The van der Waals surface area contributed by atoms with Gasteiger partial charge >= 0.3 is 91.2 Å². The number of hydrogen-bond donors (Lipinski definition) is 0. The van der Waals surface area contributed by atoms with Crippen LogP contribution in [0.5, 0.6) is 0 Å². The van der Waals surface area contributed by atoms with Crippen molar-refractivity contribution in [3.05, 3.63) is 0 Å². The summed E-state index contributed by atoms with van der Waals surface area (Å²) in [5.41, 5.74) is 0. The van der Waals surface area contributed by atoms with Crippen LogP contribution in [0.4, 0.5) is 0 Å². The molecule has 4 atom stereocenters. The van der Waals surface area contributed by atoms with Crippen molar-refractivity contribution in [3.63, 3.8) is 0 Å². The molecule has 1 aliphatic rings. The normalized spacial score (nSPS) is 40.5. The molecule has 2 nitrogen and oxygen atoms in total. The van der Waals surface area contributed by atoms with Crippen LogP contribution in [-0.4, -0.2) is 12.1 Å². The molecule has 3 heteroatoms. The van der Waals surface area contributed by atoms with Crippen molar-refractivity contribution in [1.82, 2.24) is 0 Å². The molecule has 0 N–H and O–H groups in total. The van der Waals surface area contributed by atoms with Crippen molar-refractivity contribution < 1.29 is 29.3 Å². The Balaban J connectivity index is 2.76. The summed E-state index contributed by atoms with van der Waals surface area (Å²) in [6.45, 7) is 8.33. The van der Waals surface area contributed by atoms with Gasteiger partial charge in [0.25, 0.3) is 0 Å². The first-order valence-corrected chi connectivity index (χ1v) is 5.97. The van der Waals surface area contributed by atoms with Crippen LogP contribution in [0.15, 0.2) is 0 Å². The average Bonchev–Trinajstić information content (AvgIpc) is 2.07. The van der Waals surface area contributed by atoms with Crippen LogP contribution in [0, 0.1) is 17.8 Å². The van der Waals surface area contributed by atoms with E-state index in [9.17, 15) is 4.79 Å². The molecule has 0 bridgehead atoms. The van der Waals surface area contributed by atoms with Crippen molar-refractivity contribution in [2.75, 3.05) is 0 Å². The second kappa shape index (κ2) is 4.12. The van der Waals surface area contributed by atoms with E-state index in [-0.39, 0.29) is 18.0 Å². The van der Waals surface area contributed by atoms with E-state index < -0.39 is 0 Å². The quantitative estimate of drug-likeness (QED) is 0.536. The number of ether oxygens (including phenoxy) is 1. The molecule has 0 aromatic rings. The maximum absolute atomic E-state index is 11.4. The van der Waals surface area contributed by atoms with Crippen molar-refractivity contribution in [3.8, 4) is 0 Å². The Bertz CT molecular complexity index is 203. The van der Waals surface area contributed by atoms with E-state index in [0.717, 1.165) is 0 Å². The summed E-state index contributed by atoms with van der Waals surface area (Å²) in [5.74, 6) is 0.911. The zero-order valence-corrected chi connectivity index (χ0v) is 10.6. The molecule has 0 radical (unpaired) electrons. The Morgan fingerprint density at radius 1 is 1.38 bits per heavy atom. The molecule has 1 aliphatic heterocycles. The topological polar surface area (TPSA) is 26.3 Å². The molecule has 1 rings (SSSR count). The summed E-state index contributed by atoms with van der Waals surface area (Å²) in [6.07, 6.45) is 0.114. The van der Waals surface area contributed by atoms with Gasteiger partial charge in [-0.3, -0.25) is 0 Å². The van der Waals surface area contributed by atoms with Crippen molar-refractivity contribution in [2.24, 2.45) is 17.8 Å².